The normalized spacial score (nSPS) is 11.9. The molecule has 132 valence electrons. The van der Waals surface area contributed by atoms with Gasteiger partial charge in [0.15, 0.2) is 0 Å². The molecule has 0 heterocycles. The molecule has 0 fully saturated rings. The molecule has 3 nitrogen and oxygen atoms in total. The lowest BCUT2D eigenvalue weighted by atomic mass is 9.98. The summed E-state index contributed by atoms with van der Waals surface area (Å²) in [5, 5.41) is 3.08. The fourth-order valence-corrected chi connectivity index (χ4v) is 3.83. The summed E-state index contributed by atoms with van der Waals surface area (Å²) in [7, 11) is -1.17. The number of benzene rings is 3. The molecule has 0 saturated heterocycles. The molecule has 0 aromatic heterocycles. The first kappa shape index (κ1) is 18.1. The Labute approximate surface area is 156 Å². The fraction of sp³-hybridized carbons (Fsp3) is 0.136. The van der Waals surface area contributed by atoms with Crippen molar-refractivity contribution in [3.8, 4) is 0 Å². The second-order valence-electron chi connectivity index (χ2n) is 5.93. The Kier molecular flexibility index (Phi) is 6.34. The van der Waals surface area contributed by atoms with E-state index in [-0.39, 0.29) is 18.4 Å². The van der Waals surface area contributed by atoms with Gasteiger partial charge >= 0.3 is 0 Å². The summed E-state index contributed by atoms with van der Waals surface area (Å²) in [6.45, 7) is 0. The first-order valence-corrected chi connectivity index (χ1v) is 9.88. The maximum atomic E-state index is 12.5. The van der Waals surface area contributed by atoms with Crippen LogP contribution in [0.4, 0.5) is 0 Å². The number of nitrogens with one attached hydrogen (secondary N) is 1. The van der Waals surface area contributed by atoms with Crippen LogP contribution in [-0.4, -0.2) is 15.9 Å². The van der Waals surface area contributed by atoms with Crippen LogP contribution in [0.1, 0.15) is 23.6 Å². The van der Waals surface area contributed by atoms with Crippen molar-refractivity contribution < 1.29 is 9.00 Å². The molecule has 4 heteroatoms. The first-order chi connectivity index (χ1) is 12.7. The van der Waals surface area contributed by atoms with Crippen molar-refractivity contribution in [3.63, 3.8) is 0 Å². The second-order valence-corrected chi connectivity index (χ2v) is 7.51. The summed E-state index contributed by atoms with van der Waals surface area (Å²) in [5.41, 5.74) is 2.05. The van der Waals surface area contributed by atoms with E-state index >= 15 is 0 Å². The Bertz CT molecular complexity index is 812. The molecule has 1 unspecified atom stereocenters. The molecule has 3 rings (SSSR count). The maximum absolute atomic E-state index is 12.5. The Morgan fingerprint density at radius 1 is 0.769 bits per heavy atom. The summed E-state index contributed by atoms with van der Waals surface area (Å²) in [5.74, 6) is 0.207. The van der Waals surface area contributed by atoms with Gasteiger partial charge in [0.25, 0.3) is 0 Å². The van der Waals surface area contributed by atoms with Crippen LogP contribution >= 0.6 is 0 Å². The Balaban J connectivity index is 1.67. The van der Waals surface area contributed by atoms with Crippen LogP contribution in [0.25, 0.3) is 0 Å². The van der Waals surface area contributed by atoms with Crippen LogP contribution < -0.4 is 5.32 Å². The van der Waals surface area contributed by atoms with E-state index in [1.807, 2.05) is 91.0 Å². The molecule has 1 amide bonds. The highest BCUT2D eigenvalue weighted by atomic mass is 32.2. The smallest absolute Gasteiger partial charge is 0.221 e. The summed E-state index contributed by atoms with van der Waals surface area (Å²) in [6.07, 6.45) is 0.220. The van der Waals surface area contributed by atoms with Crippen LogP contribution in [0.2, 0.25) is 0 Å². The minimum Gasteiger partial charge on any atom is -0.345 e. The monoisotopic (exact) mass is 363 g/mol. The number of rotatable bonds is 7. The first-order valence-electron chi connectivity index (χ1n) is 8.57. The highest BCUT2D eigenvalue weighted by molar-refractivity contribution is 7.85. The summed E-state index contributed by atoms with van der Waals surface area (Å²) in [6, 6.07) is 28.8. The van der Waals surface area contributed by atoms with Crippen molar-refractivity contribution in [2.45, 2.75) is 17.4 Å². The fourth-order valence-electron chi connectivity index (χ4n) is 2.76. The van der Waals surface area contributed by atoms with Gasteiger partial charge in [-0.1, -0.05) is 78.9 Å². The molecule has 0 aliphatic carbocycles. The van der Waals surface area contributed by atoms with Crippen molar-refractivity contribution >= 4 is 16.7 Å². The van der Waals surface area contributed by atoms with Crippen molar-refractivity contribution in [2.75, 3.05) is 5.75 Å². The van der Waals surface area contributed by atoms with Crippen molar-refractivity contribution in [1.29, 1.82) is 0 Å². The topological polar surface area (TPSA) is 46.2 Å². The highest BCUT2D eigenvalue weighted by Crippen LogP contribution is 2.21. The van der Waals surface area contributed by atoms with Crippen molar-refractivity contribution in [3.05, 3.63) is 102 Å². The molecule has 0 aliphatic heterocycles. The van der Waals surface area contributed by atoms with Gasteiger partial charge in [-0.25, -0.2) is 0 Å². The van der Waals surface area contributed by atoms with Gasteiger partial charge in [0.1, 0.15) is 0 Å². The van der Waals surface area contributed by atoms with Gasteiger partial charge in [-0.2, -0.15) is 0 Å². The van der Waals surface area contributed by atoms with E-state index in [1.54, 1.807) is 0 Å². The van der Waals surface area contributed by atoms with E-state index in [1.165, 1.54) is 0 Å². The average Bonchev–Trinajstić information content (AvgIpc) is 2.72. The molecule has 0 aliphatic rings. The van der Waals surface area contributed by atoms with Crippen LogP contribution in [0, 0.1) is 0 Å². The minimum atomic E-state index is -1.17. The van der Waals surface area contributed by atoms with Crippen LogP contribution in [0.3, 0.4) is 0 Å². The van der Waals surface area contributed by atoms with Gasteiger partial charge < -0.3 is 5.32 Å². The van der Waals surface area contributed by atoms with Gasteiger partial charge in [-0.05, 0) is 23.3 Å². The lowest BCUT2D eigenvalue weighted by Crippen LogP contribution is -2.30. The van der Waals surface area contributed by atoms with Crippen LogP contribution in [-0.2, 0) is 15.6 Å². The molecule has 3 aromatic rings. The van der Waals surface area contributed by atoms with Gasteiger partial charge in [-0.3, -0.25) is 9.00 Å². The minimum absolute atomic E-state index is 0.105. The van der Waals surface area contributed by atoms with Crippen molar-refractivity contribution in [2.24, 2.45) is 0 Å². The van der Waals surface area contributed by atoms with Crippen LogP contribution in [0.5, 0.6) is 0 Å². The molecule has 3 aromatic carbocycles. The molecule has 0 saturated carbocycles. The maximum Gasteiger partial charge on any atom is 0.221 e. The van der Waals surface area contributed by atoms with E-state index in [2.05, 4.69) is 5.32 Å². The Morgan fingerprint density at radius 2 is 1.23 bits per heavy atom. The van der Waals surface area contributed by atoms with E-state index in [0.29, 0.717) is 5.75 Å². The second kappa shape index (κ2) is 9.11. The zero-order chi connectivity index (χ0) is 18.2. The lowest BCUT2D eigenvalue weighted by molar-refractivity contribution is -0.121. The number of carbonyl (C=O) groups is 1. The number of amides is 1. The highest BCUT2D eigenvalue weighted by Gasteiger charge is 2.17. The van der Waals surface area contributed by atoms with E-state index in [9.17, 15) is 9.00 Å². The third-order valence-electron chi connectivity index (χ3n) is 4.09. The predicted molar refractivity (Wildman–Crippen MR) is 105 cm³/mol. The van der Waals surface area contributed by atoms with Gasteiger partial charge in [0.2, 0.25) is 5.91 Å². The third kappa shape index (κ3) is 4.90. The Morgan fingerprint density at radius 3 is 1.73 bits per heavy atom. The molecule has 0 bridgehead atoms. The zero-order valence-corrected chi connectivity index (χ0v) is 15.2. The molecule has 1 N–H and O–H groups in total. The van der Waals surface area contributed by atoms with E-state index in [0.717, 1.165) is 16.0 Å². The zero-order valence-electron chi connectivity index (χ0n) is 14.4. The molecule has 1 atom stereocenters. The Hall–Kier alpha value is -2.72. The van der Waals surface area contributed by atoms with E-state index < -0.39 is 10.8 Å². The SMILES string of the molecule is O=C(CCS(=O)c1ccccc1)NC(c1ccccc1)c1ccccc1. The van der Waals surface area contributed by atoms with Gasteiger partial charge in [-0.15, -0.1) is 0 Å². The number of hydrogen-bond donors (Lipinski definition) is 1. The molecule has 26 heavy (non-hydrogen) atoms. The predicted octanol–water partition coefficient (Wildman–Crippen LogP) is 4.09. The van der Waals surface area contributed by atoms with Crippen LogP contribution in [0.15, 0.2) is 95.9 Å². The quantitative estimate of drug-likeness (QED) is 0.687. The largest absolute Gasteiger partial charge is 0.345 e. The average molecular weight is 363 g/mol. The summed E-state index contributed by atoms with van der Waals surface area (Å²) < 4.78 is 12.3. The van der Waals surface area contributed by atoms with Gasteiger partial charge in [0, 0.05) is 17.1 Å². The van der Waals surface area contributed by atoms with E-state index in [4.69, 9.17) is 0 Å². The summed E-state index contributed by atoms with van der Waals surface area (Å²) >= 11 is 0. The molecular formula is C22H21NO2S. The standard InChI is InChI=1S/C22H21NO2S/c24-21(16-17-26(25)20-14-8-3-9-15-20)23-22(18-10-4-1-5-11-18)19-12-6-2-7-13-19/h1-15,22H,16-17H2,(H,23,24). The van der Waals surface area contributed by atoms with Gasteiger partial charge in [0.05, 0.1) is 16.8 Å². The lowest BCUT2D eigenvalue weighted by Gasteiger charge is -2.20. The number of carbonyl (C=O) groups excluding carboxylic acids is 1. The summed E-state index contributed by atoms with van der Waals surface area (Å²) in [4.78, 5) is 13.2. The molecule has 0 spiro atoms. The third-order valence-corrected chi connectivity index (χ3v) is 5.46. The molecule has 0 radical (unpaired) electrons. The molecular weight excluding hydrogens is 342 g/mol. The number of hydrogen-bond acceptors (Lipinski definition) is 2. The van der Waals surface area contributed by atoms with Crippen molar-refractivity contribution in [1.82, 2.24) is 5.32 Å².